The van der Waals surface area contributed by atoms with Crippen molar-refractivity contribution in [1.29, 1.82) is 0 Å². The number of nitro groups is 2. The Balaban J connectivity index is 2.05. The van der Waals surface area contributed by atoms with Gasteiger partial charge in [-0.2, -0.15) is 0 Å². The summed E-state index contributed by atoms with van der Waals surface area (Å²) >= 11 is 0. The summed E-state index contributed by atoms with van der Waals surface area (Å²) in [6.45, 7) is 3.76. The molecule has 0 aromatic rings. The average molecular weight is 294 g/mol. The first kappa shape index (κ1) is 14.2. The molecule has 1 aliphatic carbocycles. The van der Waals surface area contributed by atoms with E-state index in [9.17, 15) is 20.2 Å². The van der Waals surface area contributed by atoms with E-state index >= 15 is 0 Å². The topological polar surface area (TPSA) is 95.5 Å². The quantitative estimate of drug-likeness (QED) is 0.450. The van der Waals surface area contributed by atoms with Gasteiger partial charge in [0.2, 0.25) is 12.1 Å². The molecule has 2 fully saturated rings. The van der Waals surface area contributed by atoms with Crippen molar-refractivity contribution in [3.8, 4) is 0 Å². The molecule has 0 aromatic heterocycles. The Labute approximate surface area is 122 Å². The molecule has 1 saturated carbocycles. The lowest BCUT2D eigenvalue weighted by Gasteiger charge is -2.41. The molecule has 3 aliphatic rings. The van der Waals surface area contributed by atoms with Gasteiger partial charge < -0.3 is 4.74 Å². The van der Waals surface area contributed by atoms with E-state index in [0.29, 0.717) is 12.8 Å². The third-order valence-electron chi connectivity index (χ3n) is 4.95. The fourth-order valence-corrected chi connectivity index (χ4v) is 4.22. The fourth-order valence-electron chi connectivity index (χ4n) is 4.22. The van der Waals surface area contributed by atoms with Gasteiger partial charge in [0.1, 0.15) is 11.7 Å². The van der Waals surface area contributed by atoms with E-state index in [1.807, 2.05) is 26.0 Å². The molecule has 114 valence electrons. The maximum atomic E-state index is 11.4. The van der Waals surface area contributed by atoms with Crippen molar-refractivity contribution in [2.24, 2.45) is 11.8 Å². The van der Waals surface area contributed by atoms with Gasteiger partial charge >= 0.3 is 0 Å². The highest BCUT2D eigenvalue weighted by Crippen LogP contribution is 2.55. The maximum absolute atomic E-state index is 11.4. The monoisotopic (exact) mass is 294 g/mol. The maximum Gasteiger partial charge on any atom is 0.248 e. The highest BCUT2D eigenvalue weighted by Gasteiger charge is 2.69. The molecule has 0 N–H and O–H groups in total. The molecular weight excluding hydrogens is 276 g/mol. The molecule has 21 heavy (non-hydrogen) atoms. The predicted octanol–water partition coefficient (Wildman–Crippen LogP) is 1.98. The van der Waals surface area contributed by atoms with Gasteiger partial charge in [0.05, 0.1) is 11.8 Å². The smallest absolute Gasteiger partial charge is 0.248 e. The van der Waals surface area contributed by atoms with Crippen molar-refractivity contribution >= 4 is 0 Å². The molecule has 1 spiro atoms. The van der Waals surface area contributed by atoms with Crippen LogP contribution in [0.1, 0.15) is 26.7 Å². The number of rotatable bonds is 3. The first-order valence-corrected chi connectivity index (χ1v) is 7.16. The minimum atomic E-state index is -0.879. The highest BCUT2D eigenvalue weighted by atomic mass is 16.6. The van der Waals surface area contributed by atoms with Gasteiger partial charge in [0, 0.05) is 16.3 Å². The lowest BCUT2D eigenvalue weighted by Crippen LogP contribution is -2.55. The van der Waals surface area contributed by atoms with Crippen molar-refractivity contribution in [3.05, 3.63) is 44.0 Å². The van der Waals surface area contributed by atoms with E-state index in [2.05, 4.69) is 0 Å². The molecule has 7 heteroatoms. The summed E-state index contributed by atoms with van der Waals surface area (Å²) in [6.07, 6.45) is 5.67. The van der Waals surface area contributed by atoms with E-state index in [-0.39, 0.29) is 15.8 Å². The number of hydrogen-bond acceptors (Lipinski definition) is 5. The van der Waals surface area contributed by atoms with Crippen LogP contribution >= 0.6 is 0 Å². The number of fused-ring (bicyclic) bond motifs is 1. The Kier molecular flexibility index (Phi) is 3.12. The summed E-state index contributed by atoms with van der Waals surface area (Å²) in [5.74, 6) is -0.721. The number of ether oxygens (including phenoxy) is 1. The summed E-state index contributed by atoms with van der Waals surface area (Å²) in [7, 11) is 0. The molecule has 0 unspecified atom stereocenters. The molecule has 2 bridgehead atoms. The minimum Gasteiger partial charge on any atom is -0.355 e. The van der Waals surface area contributed by atoms with Crippen molar-refractivity contribution < 1.29 is 14.6 Å². The van der Waals surface area contributed by atoms with Crippen molar-refractivity contribution in [1.82, 2.24) is 0 Å². The molecule has 2 aliphatic heterocycles. The molecule has 0 radical (unpaired) electrons. The summed E-state index contributed by atoms with van der Waals surface area (Å²) in [4.78, 5) is 22.2. The number of nitrogens with zero attached hydrogens (tertiary/aromatic N) is 2. The van der Waals surface area contributed by atoms with E-state index in [4.69, 9.17) is 4.74 Å². The SMILES string of the molecule is CC(C)=C[C@H]1[C@H]([N+](=O)[O-])CC[C@H]2[C@H]([N+](=O)[O-])[C@@H]3C=C[C@]12O3. The van der Waals surface area contributed by atoms with Gasteiger partial charge in [0.15, 0.2) is 0 Å². The molecule has 3 rings (SSSR count). The summed E-state index contributed by atoms with van der Waals surface area (Å²) in [5, 5.41) is 22.7. The van der Waals surface area contributed by atoms with Crippen LogP contribution in [0.25, 0.3) is 0 Å². The Bertz CT molecular complexity index is 554. The van der Waals surface area contributed by atoms with Gasteiger partial charge in [-0.1, -0.05) is 23.8 Å². The number of hydrogen-bond donors (Lipinski definition) is 0. The van der Waals surface area contributed by atoms with E-state index in [1.54, 1.807) is 6.08 Å². The zero-order valence-electron chi connectivity index (χ0n) is 12.0. The highest BCUT2D eigenvalue weighted by molar-refractivity contribution is 5.30. The molecule has 1 saturated heterocycles. The molecule has 7 nitrogen and oxygen atoms in total. The van der Waals surface area contributed by atoms with Crippen molar-refractivity contribution in [2.75, 3.05) is 0 Å². The van der Waals surface area contributed by atoms with Crippen LogP contribution in [-0.2, 0) is 4.74 Å². The largest absolute Gasteiger partial charge is 0.355 e. The van der Waals surface area contributed by atoms with Gasteiger partial charge in [0.25, 0.3) is 0 Å². The van der Waals surface area contributed by atoms with E-state index in [1.165, 1.54) is 0 Å². The molecule has 0 amide bonds. The second kappa shape index (κ2) is 4.62. The Hall–Kier alpha value is -1.76. The Morgan fingerprint density at radius 1 is 1.29 bits per heavy atom. The first-order chi connectivity index (χ1) is 9.86. The third-order valence-corrected chi connectivity index (χ3v) is 4.95. The van der Waals surface area contributed by atoms with E-state index in [0.717, 1.165) is 5.57 Å². The van der Waals surface area contributed by atoms with Crippen LogP contribution in [0.5, 0.6) is 0 Å². The van der Waals surface area contributed by atoms with Crippen LogP contribution in [0.3, 0.4) is 0 Å². The predicted molar refractivity (Wildman–Crippen MR) is 74.0 cm³/mol. The zero-order chi connectivity index (χ0) is 15.4. The standard InChI is InChI=1S/C14H18N2O5/c1-8(2)7-10-11(15(17)18)4-3-9-13(16(19)20)12-5-6-14(9,10)21-12/h5-7,9-13H,3-4H2,1-2H3/t9-,10-,11+,12-,13-,14+/m0/s1. The molecule has 6 atom stereocenters. The lowest BCUT2D eigenvalue weighted by atomic mass is 9.63. The lowest BCUT2D eigenvalue weighted by molar-refractivity contribution is -0.546. The van der Waals surface area contributed by atoms with Crippen LogP contribution in [-0.4, -0.2) is 33.6 Å². The summed E-state index contributed by atoms with van der Waals surface area (Å²) in [5.41, 5.74) is 0.0854. The fraction of sp³-hybridized carbons (Fsp3) is 0.714. The average Bonchev–Trinajstić information content (AvgIpc) is 2.93. The van der Waals surface area contributed by atoms with Crippen molar-refractivity contribution in [2.45, 2.75) is 50.5 Å². The summed E-state index contributed by atoms with van der Waals surface area (Å²) < 4.78 is 5.93. The van der Waals surface area contributed by atoms with Gasteiger partial charge in [-0.3, -0.25) is 20.2 Å². The normalized spacial score (nSPS) is 43.4. The van der Waals surface area contributed by atoms with Gasteiger partial charge in [-0.05, 0) is 20.3 Å². The Morgan fingerprint density at radius 3 is 2.57 bits per heavy atom. The molecular formula is C14H18N2O5. The number of allylic oxidation sites excluding steroid dienone is 1. The van der Waals surface area contributed by atoms with Crippen LogP contribution in [0, 0.1) is 32.1 Å². The van der Waals surface area contributed by atoms with E-state index < -0.39 is 29.7 Å². The molecule has 0 aromatic carbocycles. The van der Waals surface area contributed by atoms with Crippen LogP contribution in [0.15, 0.2) is 23.8 Å². The van der Waals surface area contributed by atoms with Gasteiger partial charge in [-0.25, -0.2) is 0 Å². The van der Waals surface area contributed by atoms with Crippen molar-refractivity contribution in [3.63, 3.8) is 0 Å². The second-order valence-corrected chi connectivity index (χ2v) is 6.38. The van der Waals surface area contributed by atoms with Crippen LogP contribution in [0.2, 0.25) is 0 Å². The summed E-state index contributed by atoms with van der Waals surface area (Å²) in [6, 6.07) is -1.53. The first-order valence-electron chi connectivity index (χ1n) is 7.16. The van der Waals surface area contributed by atoms with Crippen LogP contribution in [0.4, 0.5) is 0 Å². The van der Waals surface area contributed by atoms with Crippen LogP contribution < -0.4 is 0 Å². The Morgan fingerprint density at radius 2 is 2.00 bits per heavy atom. The minimum absolute atomic E-state index is 0.265. The third kappa shape index (κ3) is 1.91. The zero-order valence-corrected chi connectivity index (χ0v) is 12.0. The molecule has 2 heterocycles. The second-order valence-electron chi connectivity index (χ2n) is 6.38. The van der Waals surface area contributed by atoms with Gasteiger partial charge in [-0.15, -0.1) is 0 Å².